The van der Waals surface area contributed by atoms with Crippen molar-refractivity contribution >= 4 is 51.1 Å². The monoisotopic (exact) mass is 408 g/mol. The molecular formula is C20H16N4O4S. The first-order chi connectivity index (χ1) is 13.9. The third kappa shape index (κ3) is 3.74. The Morgan fingerprint density at radius 1 is 1.31 bits per heavy atom. The molecule has 2 amide bonds. The number of hydrogen-bond donors (Lipinski definition) is 3. The van der Waals surface area contributed by atoms with Crippen molar-refractivity contribution in [2.24, 2.45) is 5.73 Å². The fourth-order valence-electron chi connectivity index (χ4n) is 2.87. The maximum absolute atomic E-state index is 12.7. The molecule has 0 saturated carbocycles. The summed E-state index contributed by atoms with van der Waals surface area (Å²) < 4.78 is 4.73. The molecule has 9 heteroatoms. The van der Waals surface area contributed by atoms with Crippen LogP contribution in [0.3, 0.4) is 0 Å². The van der Waals surface area contributed by atoms with Gasteiger partial charge in [0.2, 0.25) is 0 Å². The lowest BCUT2D eigenvalue weighted by molar-refractivity contribution is -0.112. The molecule has 4 N–H and O–H groups in total. The Morgan fingerprint density at radius 3 is 2.69 bits per heavy atom. The number of ether oxygens (including phenoxy) is 1. The number of H-pyrrole nitrogens is 1. The number of amides is 2. The summed E-state index contributed by atoms with van der Waals surface area (Å²) in [4.78, 5) is 39.6. The van der Waals surface area contributed by atoms with Crippen molar-refractivity contribution in [1.29, 1.82) is 5.26 Å². The summed E-state index contributed by atoms with van der Waals surface area (Å²) in [6.45, 7) is 1.53. The van der Waals surface area contributed by atoms with Gasteiger partial charge in [0, 0.05) is 22.7 Å². The number of benzene rings is 1. The number of aromatic nitrogens is 1. The van der Waals surface area contributed by atoms with Crippen molar-refractivity contribution < 1.29 is 19.1 Å². The van der Waals surface area contributed by atoms with E-state index in [4.69, 9.17) is 10.5 Å². The molecule has 3 rings (SSSR count). The lowest BCUT2D eigenvalue weighted by Gasteiger charge is -2.05. The van der Waals surface area contributed by atoms with Gasteiger partial charge in [-0.1, -0.05) is 18.2 Å². The Hall–Kier alpha value is -3.90. The molecule has 8 nitrogen and oxygen atoms in total. The number of hydrogen-bond acceptors (Lipinski definition) is 6. The minimum absolute atomic E-state index is 0.0315. The number of anilines is 1. The average Bonchev–Trinajstić information content (AvgIpc) is 3.26. The van der Waals surface area contributed by atoms with Gasteiger partial charge in [0.05, 0.1) is 17.6 Å². The fraction of sp³-hybridized carbons (Fsp3) is 0.100. The second-order valence-electron chi connectivity index (χ2n) is 6.03. The number of methoxy groups -OCH3 is 1. The maximum atomic E-state index is 12.7. The lowest BCUT2D eigenvalue weighted by atomic mass is 10.1. The molecule has 0 radical (unpaired) electrons. The van der Waals surface area contributed by atoms with Crippen LogP contribution in [0.15, 0.2) is 36.0 Å². The Balaban J connectivity index is 1.98. The van der Waals surface area contributed by atoms with Crippen LogP contribution >= 0.6 is 11.3 Å². The molecule has 0 aliphatic carbocycles. The largest absolute Gasteiger partial charge is 0.465 e. The van der Waals surface area contributed by atoms with Gasteiger partial charge >= 0.3 is 5.97 Å². The predicted molar refractivity (Wildman–Crippen MR) is 109 cm³/mol. The molecule has 29 heavy (non-hydrogen) atoms. The number of nitriles is 1. The van der Waals surface area contributed by atoms with Crippen molar-refractivity contribution in [2.75, 3.05) is 12.4 Å². The molecule has 0 unspecified atom stereocenters. The summed E-state index contributed by atoms with van der Waals surface area (Å²) in [6.07, 6.45) is 3.14. The van der Waals surface area contributed by atoms with Gasteiger partial charge in [0.1, 0.15) is 16.6 Å². The van der Waals surface area contributed by atoms with Gasteiger partial charge in [-0.3, -0.25) is 9.59 Å². The van der Waals surface area contributed by atoms with Gasteiger partial charge < -0.3 is 20.8 Å². The number of nitrogens with one attached hydrogen (secondary N) is 2. The number of carbonyl (C=O) groups excluding carboxylic acids is 3. The summed E-state index contributed by atoms with van der Waals surface area (Å²) in [6, 6.07) is 9.32. The summed E-state index contributed by atoms with van der Waals surface area (Å²) >= 11 is 0.855. The van der Waals surface area contributed by atoms with E-state index in [0.29, 0.717) is 11.1 Å². The molecule has 0 spiro atoms. The van der Waals surface area contributed by atoms with Crippen LogP contribution in [0, 0.1) is 18.3 Å². The molecule has 1 aromatic carbocycles. The zero-order chi connectivity index (χ0) is 21.1. The van der Waals surface area contributed by atoms with Gasteiger partial charge in [-0.2, -0.15) is 5.26 Å². The molecule has 0 atom stereocenters. The van der Waals surface area contributed by atoms with E-state index in [1.807, 2.05) is 30.3 Å². The minimum atomic E-state index is -0.729. The zero-order valence-electron chi connectivity index (χ0n) is 15.5. The number of rotatable bonds is 5. The number of nitrogens with zero attached hydrogens (tertiary/aromatic N) is 1. The van der Waals surface area contributed by atoms with E-state index in [-0.39, 0.29) is 21.0 Å². The number of para-hydroxylation sites is 1. The zero-order valence-corrected chi connectivity index (χ0v) is 16.3. The predicted octanol–water partition coefficient (Wildman–Crippen LogP) is 2.97. The number of thiophene rings is 1. The summed E-state index contributed by atoms with van der Waals surface area (Å²) in [7, 11) is 1.19. The Labute approximate surface area is 169 Å². The summed E-state index contributed by atoms with van der Waals surface area (Å²) in [5.74, 6) is -2.17. The van der Waals surface area contributed by atoms with Gasteiger partial charge in [-0.15, -0.1) is 11.3 Å². The lowest BCUT2D eigenvalue weighted by Crippen LogP contribution is -2.15. The molecule has 0 saturated heterocycles. The van der Waals surface area contributed by atoms with Gasteiger partial charge in [-0.25, -0.2) is 4.79 Å². The van der Waals surface area contributed by atoms with Crippen LogP contribution in [0.4, 0.5) is 5.00 Å². The average molecular weight is 408 g/mol. The van der Waals surface area contributed by atoms with Crippen LogP contribution in [-0.4, -0.2) is 29.9 Å². The quantitative estimate of drug-likeness (QED) is 0.338. The van der Waals surface area contributed by atoms with E-state index in [9.17, 15) is 19.6 Å². The molecule has 0 aliphatic rings. The first-order valence-corrected chi connectivity index (χ1v) is 9.19. The number of esters is 1. The molecule has 0 bridgehead atoms. The van der Waals surface area contributed by atoms with E-state index in [2.05, 4.69) is 10.3 Å². The fourth-order valence-corrected chi connectivity index (χ4v) is 3.91. The summed E-state index contributed by atoms with van der Waals surface area (Å²) in [5.41, 5.74) is 7.04. The topological polar surface area (TPSA) is 138 Å². The highest BCUT2D eigenvalue weighted by Gasteiger charge is 2.26. The van der Waals surface area contributed by atoms with Crippen LogP contribution in [0.1, 0.15) is 31.2 Å². The van der Waals surface area contributed by atoms with Crippen molar-refractivity contribution in [3.63, 3.8) is 0 Å². The van der Waals surface area contributed by atoms with Crippen LogP contribution in [0.2, 0.25) is 0 Å². The number of nitrogens with two attached hydrogens (primary N) is 1. The second-order valence-corrected chi connectivity index (χ2v) is 7.05. The van der Waals surface area contributed by atoms with Crippen molar-refractivity contribution in [3.05, 3.63) is 57.6 Å². The second kappa shape index (κ2) is 8.00. The number of aromatic amines is 1. The first-order valence-electron chi connectivity index (χ1n) is 8.38. The molecule has 146 valence electrons. The van der Waals surface area contributed by atoms with Crippen LogP contribution in [-0.2, 0) is 9.53 Å². The number of fused-ring (bicyclic) bond motifs is 1. The molecular weight excluding hydrogens is 392 g/mol. The van der Waals surface area contributed by atoms with Crippen LogP contribution < -0.4 is 11.1 Å². The highest BCUT2D eigenvalue weighted by Crippen LogP contribution is 2.34. The van der Waals surface area contributed by atoms with Gasteiger partial charge in [0.15, 0.2) is 0 Å². The first kappa shape index (κ1) is 19.9. The van der Waals surface area contributed by atoms with Crippen molar-refractivity contribution in [3.8, 4) is 6.07 Å². The highest BCUT2D eigenvalue weighted by atomic mass is 32.1. The normalized spacial score (nSPS) is 11.1. The maximum Gasteiger partial charge on any atom is 0.341 e. The highest BCUT2D eigenvalue weighted by molar-refractivity contribution is 7.18. The third-order valence-corrected chi connectivity index (χ3v) is 5.50. The smallest absolute Gasteiger partial charge is 0.341 e. The standard InChI is InChI=1S/C20H16N4O4S/c1-10-15(20(27)28-2)19(29-16(10)17(22)25)24-18(26)11(8-21)7-12-9-23-14-6-4-3-5-13(12)14/h3-7,9,23H,1-2H3,(H2,22,25)(H,24,26). The van der Waals surface area contributed by atoms with E-state index in [1.165, 1.54) is 20.1 Å². The summed E-state index contributed by atoms with van der Waals surface area (Å²) in [5, 5.41) is 12.9. The number of primary amides is 1. The Bertz CT molecular complexity index is 1210. The van der Waals surface area contributed by atoms with E-state index in [0.717, 1.165) is 22.2 Å². The van der Waals surface area contributed by atoms with E-state index < -0.39 is 17.8 Å². The Kier molecular flexibility index (Phi) is 5.47. The number of carbonyl (C=O) groups is 3. The van der Waals surface area contributed by atoms with Gasteiger partial charge in [0.25, 0.3) is 11.8 Å². The molecule has 0 aliphatic heterocycles. The SMILES string of the molecule is COC(=O)c1c(NC(=O)C(C#N)=Cc2c[nH]c3ccccc23)sc(C(N)=O)c1C. The third-order valence-electron chi connectivity index (χ3n) is 4.27. The molecule has 2 aromatic heterocycles. The van der Waals surface area contributed by atoms with Crippen molar-refractivity contribution in [2.45, 2.75) is 6.92 Å². The van der Waals surface area contributed by atoms with Crippen LogP contribution in [0.5, 0.6) is 0 Å². The van der Waals surface area contributed by atoms with Crippen LogP contribution in [0.25, 0.3) is 17.0 Å². The van der Waals surface area contributed by atoms with Crippen molar-refractivity contribution in [1.82, 2.24) is 4.98 Å². The minimum Gasteiger partial charge on any atom is -0.465 e. The molecule has 2 heterocycles. The van der Waals surface area contributed by atoms with E-state index in [1.54, 1.807) is 6.20 Å². The van der Waals surface area contributed by atoms with Gasteiger partial charge in [-0.05, 0) is 24.6 Å². The molecule has 0 fully saturated rings. The Morgan fingerprint density at radius 2 is 2.03 bits per heavy atom. The van der Waals surface area contributed by atoms with E-state index >= 15 is 0 Å². The molecule has 3 aromatic rings.